The van der Waals surface area contributed by atoms with Gasteiger partial charge >= 0.3 is 0 Å². The maximum atomic E-state index is 12.1. The molecule has 0 fully saturated rings. The van der Waals surface area contributed by atoms with Gasteiger partial charge in [0.05, 0.1) is 42.4 Å². The van der Waals surface area contributed by atoms with Crippen LogP contribution < -0.4 is 10.7 Å². The highest BCUT2D eigenvalue weighted by Gasteiger charge is 2.20. The Morgan fingerprint density at radius 2 is 0.692 bits per heavy atom. The molecule has 330 valence electrons. The molecular formula is C45H34N4O12S4. The molecule has 6 N–H and O–H groups in total. The fourth-order valence-corrected chi connectivity index (χ4v) is 9.37. The second kappa shape index (κ2) is 16.6. The molecule has 4 heterocycles. The minimum atomic E-state index is -4.57. The lowest BCUT2D eigenvalue weighted by atomic mass is 10.0. The predicted molar refractivity (Wildman–Crippen MR) is 246 cm³/mol. The smallest absolute Gasteiger partial charge is 0.294 e. The molecule has 0 radical (unpaired) electrons. The number of nitrogens with zero attached hydrogens (tertiary/aromatic N) is 2. The number of aromatic amines is 2. The largest absolute Gasteiger partial charge is 0.355 e. The molecule has 2 aliphatic heterocycles. The van der Waals surface area contributed by atoms with Gasteiger partial charge in [0.1, 0.15) is 0 Å². The van der Waals surface area contributed by atoms with Crippen LogP contribution in [0.25, 0.3) is 92.5 Å². The lowest BCUT2D eigenvalue weighted by molar-refractivity contribution is 0.481. The quantitative estimate of drug-likeness (QED) is 0.0843. The summed E-state index contributed by atoms with van der Waals surface area (Å²) in [4.78, 5) is 15.5. The molecule has 0 unspecified atom stereocenters. The molecule has 0 spiro atoms. The van der Waals surface area contributed by atoms with Gasteiger partial charge in [-0.25, -0.2) is 9.97 Å². The third-order valence-corrected chi connectivity index (χ3v) is 13.9. The summed E-state index contributed by atoms with van der Waals surface area (Å²) in [6, 6.07) is 25.2. The number of benzene rings is 4. The van der Waals surface area contributed by atoms with Crippen molar-refractivity contribution in [1.82, 2.24) is 19.9 Å². The molecule has 20 heteroatoms. The first-order valence-electron chi connectivity index (χ1n) is 19.0. The Labute approximate surface area is 372 Å². The minimum absolute atomic E-state index is 0.237. The fourth-order valence-electron chi connectivity index (χ4n) is 7.45. The summed E-state index contributed by atoms with van der Waals surface area (Å²) in [5.41, 5.74) is 5.92. The minimum Gasteiger partial charge on any atom is -0.355 e. The average molecular weight is 951 g/mol. The van der Waals surface area contributed by atoms with Crippen molar-refractivity contribution in [2.45, 2.75) is 26.5 Å². The number of aromatic nitrogens is 4. The van der Waals surface area contributed by atoms with Gasteiger partial charge < -0.3 is 9.97 Å². The van der Waals surface area contributed by atoms with E-state index >= 15 is 0 Å². The first-order valence-corrected chi connectivity index (χ1v) is 24.8. The van der Waals surface area contributed by atoms with Crippen LogP contribution in [0.5, 0.6) is 0 Å². The highest BCUT2D eigenvalue weighted by atomic mass is 32.2. The van der Waals surface area contributed by atoms with Crippen LogP contribution in [0.2, 0.25) is 0 Å². The van der Waals surface area contributed by atoms with Crippen LogP contribution in [0.15, 0.2) is 129 Å². The summed E-state index contributed by atoms with van der Waals surface area (Å²) < 4.78 is 135. The molecule has 0 saturated carbocycles. The van der Waals surface area contributed by atoms with Crippen LogP contribution >= 0.6 is 0 Å². The standard InChI is InChI=1S/C45H34N4O12S4/c1-3-35-43(28-6-14-32(15-7-28)63(53,54)55)37-22-23-39(48-37)45(30-10-18-34(19-11-30)65(59,60)61)41-25-24-40(49-41)44(29-8-16-33(17-9-29)64(56,57)58)38-21-20-36(47-38)42(26(2)46-35)27-4-12-31(13-5-27)62(50,51)52/h3-25,46,49H,2H2,1H3,(H,50,51,52)(H,53,54,55)(H,56,57,58)(H,59,60,61)/b35-3-,42-36?,43-37?,44-40?,45-41?. The number of rotatable bonds is 8. The third kappa shape index (κ3) is 9.10. The van der Waals surface area contributed by atoms with Crippen molar-refractivity contribution < 1.29 is 51.9 Å². The second-order valence-corrected chi connectivity index (χ2v) is 20.2. The first kappa shape index (κ1) is 44.7. The average Bonchev–Trinajstić information content (AvgIpc) is 4.04. The van der Waals surface area contributed by atoms with Gasteiger partial charge in [0.15, 0.2) is 0 Å². The van der Waals surface area contributed by atoms with Crippen molar-refractivity contribution in [2.24, 2.45) is 0 Å². The van der Waals surface area contributed by atoms with Gasteiger partial charge in [0.2, 0.25) is 0 Å². The van der Waals surface area contributed by atoms with Crippen LogP contribution in [-0.4, -0.2) is 71.8 Å². The van der Waals surface area contributed by atoms with Crippen molar-refractivity contribution >= 4 is 88.5 Å². The van der Waals surface area contributed by atoms with Gasteiger partial charge in [-0.15, -0.1) is 0 Å². The molecule has 4 aromatic carbocycles. The van der Waals surface area contributed by atoms with E-state index in [-0.39, 0.29) is 24.9 Å². The molecule has 0 amide bonds. The van der Waals surface area contributed by atoms with Crippen molar-refractivity contribution in [1.29, 1.82) is 0 Å². The number of hydrogen-bond acceptors (Lipinski definition) is 10. The Morgan fingerprint density at radius 1 is 0.415 bits per heavy atom. The van der Waals surface area contributed by atoms with E-state index in [4.69, 9.17) is 9.97 Å². The summed E-state index contributed by atoms with van der Waals surface area (Å²) in [6.07, 6.45) is 8.53. The van der Waals surface area contributed by atoms with E-state index in [1.54, 1.807) is 49.4 Å². The maximum absolute atomic E-state index is 12.1. The van der Waals surface area contributed by atoms with Gasteiger partial charge in [-0.3, -0.25) is 18.2 Å². The Hall–Kier alpha value is -6.88. The fraction of sp³-hybridized carbons (Fsp3) is 0.0222. The molecule has 0 atom stereocenters. The lowest BCUT2D eigenvalue weighted by Gasteiger charge is -2.08. The van der Waals surface area contributed by atoms with E-state index in [9.17, 15) is 51.9 Å². The Kier molecular flexibility index (Phi) is 11.4. The Bertz CT molecular complexity index is 3810. The topological polar surface area (TPSA) is 275 Å². The van der Waals surface area contributed by atoms with E-state index in [1.807, 2.05) is 0 Å². The molecular weight excluding hydrogens is 917 g/mol. The van der Waals surface area contributed by atoms with E-state index in [1.165, 1.54) is 97.1 Å². The van der Waals surface area contributed by atoms with Crippen molar-refractivity contribution in [3.8, 4) is 44.5 Å². The van der Waals surface area contributed by atoms with Gasteiger partial charge in [-0.1, -0.05) is 61.2 Å². The van der Waals surface area contributed by atoms with Gasteiger partial charge in [0.25, 0.3) is 40.5 Å². The van der Waals surface area contributed by atoms with Crippen molar-refractivity contribution in [3.63, 3.8) is 0 Å². The highest BCUT2D eigenvalue weighted by Crippen LogP contribution is 2.36. The zero-order chi connectivity index (χ0) is 46.6. The second-order valence-electron chi connectivity index (χ2n) is 14.5. The number of hydrogen-bond donors (Lipinski definition) is 6. The maximum Gasteiger partial charge on any atom is 0.294 e. The highest BCUT2D eigenvalue weighted by molar-refractivity contribution is 7.86. The molecule has 6 bridgehead atoms. The molecule has 0 aliphatic carbocycles. The van der Waals surface area contributed by atoms with Gasteiger partial charge in [-0.05, 0) is 114 Å². The number of H-pyrrole nitrogens is 2. The van der Waals surface area contributed by atoms with E-state index < -0.39 is 40.5 Å². The molecule has 65 heavy (non-hydrogen) atoms. The zero-order valence-corrected chi connectivity index (χ0v) is 36.8. The Morgan fingerprint density at radius 3 is 1.00 bits per heavy atom. The van der Waals surface area contributed by atoms with Crippen LogP contribution in [0.1, 0.15) is 29.7 Å². The lowest BCUT2D eigenvalue weighted by Crippen LogP contribution is -2.20. The summed E-state index contributed by atoms with van der Waals surface area (Å²) in [5, 5.41) is 0.637. The summed E-state index contributed by atoms with van der Waals surface area (Å²) in [7, 11) is -18.2. The van der Waals surface area contributed by atoms with Crippen LogP contribution in [-0.2, 0) is 40.5 Å². The van der Waals surface area contributed by atoms with Crippen LogP contribution in [0.4, 0.5) is 0 Å². The zero-order valence-electron chi connectivity index (χ0n) is 33.6. The SMILES string of the molecule is C=c1[nH]/c(=C\C)c(-c2ccc(S(=O)(=O)O)cc2)c2nc(c(-c3ccc(S(=O)(=O)O)cc3)c3ccc([nH]3)c(-c3ccc(S(=O)(=O)O)cc3)c3nc(c1-c1ccc(S(=O)(=O)O)cc1)C=C3)C=C2. The van der Waals surface area contributed by atoms with E-state index in [0.29, 0.717) is 83.7 Å². The van der Waals surface area contributed by atoms with E-state index in [0.717, 1.165) is 0 Å². The molecule has 8 rings (SSSR count). The summed E-state index contributed by atoms with van der Waals surface area (Å²) in [5.74, 6) is 0. The van der Waals surface area contributed by atoms with Crippen LogP contribution in [0, 0.1) is 0 Å². The first-order chi connectivity index (χ1) is 30.6. The number of nitrogens with one attached hydrogen (secondary N) is 2. The Balaban J connectivity index is 1.57. The van der Waals surface area contributed by atoms with Crippen molar-refractivity contribution in [2.75, 3.05) is 0 Å². The predicted octanol–water partition coefficient (Wildman–Crippen LogP) is 6.93. The summed E-state index contributed by atoms with van der Waals surface area (Å²) >= 11 is 0. The molecule has 6 aromatic rings. The van der Waals surface area contributed by atoms with Crippen LogP contribution in [0.3, 0.4) is 0 Å². The normalized spacial score (nSPS) is 13.2. The monoisotopic (exact) mass is 950 g/mol. The number of fused-ring (bicyclic) bond motifs is 6. The van der Waals surface area contributed by atoms with Gasteiger partial charge in [-0.2, -0.15) is 33.7 Å². The van der Waals surface area contributed by atoms with Gasteiger partial charge in [0, 0.05) is 44.0 Å². The van der Waals surface area contributed by atoms with E-state index in [2.05, 4.69) is 16.5 Å². The van der Waals surface area contributed by atoms with Crippen molar-refractivity contribution in [3.05, 3.63) is 143 Å². The molecule has 0 saturated heterocycles. The molecule has 2 aromatic heterocycles. The molecule has 16 nitrogen and oxygen atoms in total. The summed E-state index contributed by atoms with van der Waals surface area (Å²) in [6.45, 7) is 6.10. The third-order valence-electron chi connectivity index (χ3n) is 10.4. The molecule has 2 aliphatic rings.